The van der Waals surface area contributed by atoms with Crippen molar-refractivity contribution >= 4 is 28.9 Å². The van der Waals surface area contributed by atoms with Crippen LogP contribution in [0.2, 0.25) is 0 Å². The molecule has 0 fully saturated rings. The quantitative estimate of drug-likeness (QED) is 0.631. The fourth-order valence-corrected chi connectivity index (χ4v) is 2.73. The van der Waals surface area contributed by atoms with Gasteiger partial charge in [0.25, 0.3) is 0 Å². The number of hydrogen-bond acceptors (Lipinski definition) is 5. The van der Waals surface area contributed by atoms with Gasteiger partial charge in [0.15, 0.2) is 4.34 Å². The Hall–Kier alpha value is -1.40. The summed E-state index contributed by atoms with van der Waals surface area (Å²) in [6, 6.07) is 3.71. The Morgan fingerprint density at radius 1 is 1.40 bits per heavy atom. The Kier molecular flexibility index (Phi) is 2.98. The number of aromatic nitrogens is 2. The van der Waals surface area contributed by atoms with Gasteiger partial charge in [-0.2, -0.15) is 0 Å². The average molecular weight is 236 g/mol. The summed E-state index contributed by atoms with van der Waals surface area (Å²) in [6.07, 6.45) is 3.37. The van der Waals surface area contributed by atoms with Crippen molar-refractivity contribution in [2.45, 2.75) is 9.24 Å². The fourth-order valence-electron chi connectivity index (χ4n) is 1.03. The Bertz CT molecular complexity index is 467. The molecule has 4 nitrogen and oxygen atoms in total. The summed E-state index contributed by atoms with van der Waals surface area (Å²) in [5.74, 6) is -0.0188. The van der Waals surface area contributed by atoms with Gasteiger partial charge in [-0.3, -0.25) is 10.4 Å². The van der Waals surface area contributed by atoms with E-state index in [1.165, 1.54) is 11.8 Å². The normalized spacial score (nSPS) is 10.1. The van der Waals surface area contributed by atoms with Gasteiger partial charge in [-0.1, -0.05) is 11.8 Å². The number of hydrogen-bond donors (Lipinski definition) is 2. The molecule has 0 amide bonds. The third-order valence-corrected chi connectivity index (χ3v) is 3.57. The van der Waals surface area contributed by atoms with Crippen LogP contribution in [0.15, 0.2) is 39.1 Å². The Balaban J connectivity index is 2.32. The molecule has 0 bridgehead atoms. The van der Waals surface area contributed by atoms with Gasteiger partial charge in [0, 0.05) is 22.7 Å². The molecular formula is C9H8N4S2. The molecule has 76 valence electrons. The van der Waals surface area contributed by atoms with E-state index in [9.17, 15) is 0 Å². The van der Waals surface area contributed by atoms with E-state index in [4.69, 9.17) is 11.1 Å². The highest BCUT2D eigenvalue weighted by Gasteiger charge is 2.08. The minimum atomic E-state index is -0.0188. The summed E-state index contributed by atoms with van der Waals surface area (Å²) in [7, 11) is 0. The molecule has 0 unspecified atom stereocenters. The first-order valence-electron chi connectivity index (χ1n) is 4.14. The maximum Gasteiger partial charge on any atom is 0.154 e. The molecule has 2 aromatic rings. The predicted octanol–water partition coefficient (Wildman–Crippen LogP) is 1.97. The second-order valence-electron chi connectivity index (χ2n) is 2.66. The number of nitrogens with two attached hydrogens (primary N) is 1. The molecule has 0 aliphatic rings. The summed E-state index contributed by atoms with van der Waals surface area (Å²) in [4.78, 5) is 9.08. The van der Waals surface area contributed by atoms with Crippen molar-refractivity contribution in [1.29, 1.82) is 5.41 Å². The van der Waals surface area contributed by atoms with Crippen LogP contribution in [0.25, 0.3) is 0 Å². The third-order valence-electron chi connectivity index (χ3n) is 1.63. The van der Waals surface area contributed by atoms with E-state index in [-0.39, 0.29) is 5.84 Å². The van der Waals surface area contributed by atoms with Crippen molar-refractivity contribution in [3.8, 4) is 0 Å². The average Bonchev–Trinajstić information content (AvgIpc) is 2.71. The second-order valence-corrected chi connectivity index (χ2v) is 4.85. The maximum atomic E-state index is 7.39. The van der Waals surface area contributed by atoms with Crippen LogP contribution in [-0.4, -0.2) is 15.8 Å². The number of nitrogens with one attached hydrogen (secondary N) is 1. The molecule has 0 atom stereocenters. The minimum Gasteiger partial charge on any atom is -0.382 e. The van der Waals surface area contributed by atoms with Crippen molar-refractivity contribution < 1.29 is 0 Å². The fraction of sp³-hybridized carbons (Fsp3) is 0. The van der Waals surface area contributed by atoms with Crippen molar-refractivity contribution in [1.82, 2.24) is 9.97 Å². The van der Waals surface area contributed by atoms with E-state index in [0.29, 0.717) is 5.69 Å². The maximum absolute atomic E-state index is 7.39. The number of amidine groups is 1. The lowest BCUT2D eigenvalue weighted by Gasteiger charge is -2.03. The van der Waals surface area contributed by atoms with E-state index in [1.54, 1.807) is 23.7 Å². The van der Waals surface area contributed by atoms with Gasteiger partial charge in [-0.25, -0.2) is 4.98 Å². The van der Waals surface area contributed by atoms with Crippen molar-refractivity contribution in [3.63, 3.8) is 0 Å². The van der Waals surface area contributed by atoms with E-state index >= 15 is 0 Å². The van der Waals surface area contributed by atoms with Crippen LogP contribution in [0.5, 0.6) is 0 Å². The lowest BCUT2D eigenvalue weighted by atomic mass is 10.3. The summed E-state index contributed by atoms with van der Waals surface area (Å²) >= 11 is 3.02. The summed E-state index contributed by atoms with van der Waals surface area (Å²) in [5.41, 5.74) is 5.95. The van der Waals surface area contributed by atoms with Crippen LogP contribution < -0.4 is 5.73 Å². The summed E-state index contributed by atoms with van der Waals surface area (Å²) in [6.45, 7) is 0. The molecule has 6 heteroatoms. The molecule has 0 saturated carbocycles. The zero-order chi connectivity index (χ0) is 10.7. The lowest BCUT2D eigenvalue weighted by molar-refractivity contribution is 1.17. The first-order chi connectivity index (χ1) is 7.27. The summed E-state index contributed by atoms with van der Waals surface area (Å²) < 4.78 is 0.922. The monoisotopic (exact) mass is 236 g/mol. The SMILES string of the molecule is N=C(N)c1ncccc1Sc1nccs1. The van der Waals surface area contributed by atoms with Crippen LogP contribution in [0, 0.1) is 5.41 Å². The highest BCUT2D eigenvalue weighted by atomic mass is 32.2. The van der Waals surface area contributed by atoms with Gasteiger partial charge < -0.3 is 5.73 Å². The molecular weight excluding hydrogens is 228 g/mol. The molecule has 0 aliphatic heterocycles. The Labute approximate surface area is 95.1 Å². The van der Waals surface area contributed by atoms with E-state index < -0.39 is 0 Å². The van der Waals surface area contributed by atoms with Gasteiger partial charge in [-0.15, -0.1) is 11.3 Å². The van der Waals surface area contributed by atoms with Crippen LogP contribution >= 0.6 is 23.1 Å². The number of nitrogen functional groups attached to an aromatic ring is 1. The Morgan fingerprint density at radius 3 is 2.93 bits per heavy atom. The number of pyridine rings is 1. The van der Waals surface area contributed by atoms with Gasteiger partial charge in [0.2, 0.25) is 0 Å². The van der Waals surface area contributed by atoms with Crippen LogP contribution in [0.3, 0.4) is 0 Å². The van der Waals surface area contributed by atoms with Gasteiger partial charge in [-0.05, 0) is 12.1 Å². The van der Waals surface area contributed by atoms with Gasteiger partial charge in [0.1, 0.15) is 11.5 Å². The molecule has 2 aromatic heterocycles. The van der Waals surface area contributed by atoms with Crippen LogP contribution in [0.4, 0.5) is 0 Å². The van der Waals surface area contributed by atoms with Crippen molar-refractivity contribution in [2.24, 2.45) is 5.73 Å². The minimum absolute atomic E-state index is 0.0188. The second kappa shape index (κ2) is 4.41. The van der Waals surface area contributed by atoms with Crippen LogP contribution in [0.1, 0.15) is 5.69 Å². The predicted molar refractivity (Wildman–Crippen MR) is 61.5 cm³/mol. The van der Waals surface area contributed by atoms with E-state index in [2.05, 4.69) is 9.97 Å². The summed E-state index contributed by atoms with van der Waals surface area (Å²) in [5, 5.41) is 9.30. The molecule has 2 heterocycles. The third kappa shape index (κ3) is 2.34. The molecule has 15 heavy (non-hydrogen) atoms. The number of thiazole rings is 1. The highest BCUT2D eigenvalue weighted by molar-refractivity contribution is 8.01. The molecule has 3 N–H and O–H groups in total. The topological polar surface area (TPSA) is 75.7 Å². The Morgan fingerprint density at radius 2 is 2.27 bits per heavy atom. The largest absolute Gasteiger partial charge is 0.382 e. The molecule has 0 radical (unpaired) electrons. The first-order valence-corrected chi connectivity index (χ1v) is 5.84. The smallest absolute Gasteiger partial charge is 0.154 e. The van der Waals surface area contributed by atoms with Gasteiger partial charge in [0.05, 0.1) is 0 Å². The molecule has 0 spiro atoms. The zero-order valence-corrected chi connectivity index (χ0v) is 9.31. The molecule has 0 saturated heterocycles. The van der Waals surface area contributed by atoms with E-state index in [1.807, 2.05) is 17.5 Å². The van der Waals surface area contributed by atoms with Crippen molar-refractivity contribution in [3.05, 3.63) is 35.6 Å². The van der Waals surface area contributed by atoms with Crippen molar-refractivity contribution in [2.75, 3.05) is 0 Å². The molecule has 0 aromatic carbocycles. The van der Waals surface area contributed by atoms with Crippen LogP contribution in [-0.2, 0) is 0 Å². The van der Waals surface area contributed by atoms with E-state index in [0.717, 1.165) is 9.24 Å². The standard InChI is InChI=1S/C9H8N4S2/c10-8(11)7-6(2-1-3-12-7)15-9-13-4-5-14-9/h1-5H,(H3,10,11). The lowest BCUT2D eigenvalue weighted by Crippen LogP contribution is -2.14. The van der Waals surface area contributed by atoms with Gasteiger partial charge >= 0.3 is 0 Å². The highest BCUT2D eigenvalue weighted by Crippen LogP contribution is 2.30. The zero-order valence-electron chi connectivity index (χ0n) is 7.68. The number of nitrogens with zero attached hydrogens (tertiary/aromatic N) is 2. The first kappa shape index (κ1) is 10.1. The number of rotatable bonds is 3. The molecule has 2 rings (SSSR count). The molecule has 0 aliphatic carbocycles.